The molecule has 0 spiro atoms. The third-order valence-corrected chi connectivity index (χ3v) is 4.92. The molecule has 0 radical (unpaired) electrons. The van der Waals surface area contributed by atoms with Crippen molar-refractivity contribution in [2.75, 3.05) is 5.32 Å². The molecule has 2 N–H and O–H groups in total. The van der Waals surface area contributed by atoms with E-state index in [4.69, 9.17) is 0 Å². The number of aryl methyl sites for hydroxylation is 1. The van der Waals surface area contributed by atoms with E-state index in [-0.39, 0.29) is 0 Å². The van der Waals surface area contributed by atoms with Gasteiger partial charge in [0, 0.05) is 9.85 Å². The summed E-state index contributed by atoms with van der Waals surface area (Å²) in [5.74, 6) is -0.883. The van der Waals surface area contributed by atoms with Crippen LogP contribution in [0.1, 0.15) is 25.1 Å². The number of benzene rings is 1. The van der Waals surface area contributed by atoms with Crippen LogP contribution in [0, 0.1) is 6.92 Å². The van der Waals surface area contributed by atoms with E-state index in [0.29, 0.717) is 10.8 Å². The Morgan fingerprint density at radius 2 is 2.15 bits per heavy atom. The number of thiazole rings is 1. The van der Waals surface area contributed by atoms with Gasteiger partial charge in [0.25, 0.3) is 0 Å². The van der Waals surface area contributed by atoms with Gasteiger partial charge in [-0.05, 0) is 48.3 Å². The number of hydrogen-bond donors (Lipinski definition) is 2. The van der Waals surface area contributed by atoms with E-state index in [1.165, 1.54) is 11.3 Å². The van der Waals surface area contributed by atoms with Crippen molar-refractivity contribution in [3.8, 4) is 0 Å². The van der Waals surface area contributed by atoms with E-state index in [9.17, 15) is 9.90 Å². The zero-order valence-corrected chi connectivity index (χ0v) is 13.8. The maximum absolute atomic E-state index is 11.2. The molecule has 1 aromatic carbocycles. The third kappa shape index (κ3) is 2.86. The normalized spacial score (nSPS) is 11.4. The van der Waals surface area contributed by atoms with Gasteiger partial charge < -0.3 is 10.4 Å². The van der Waals surface area contributed by atoms with Gasteiger partial charge >= 0.3 is 5.97 Å². The molecule has 2 aromatic rings. The lowest BCUT2D eigenvalue weighted by atomic mass is 9.90. The van der Waals surface area contributed by atoms with Crippen LogP contribution in [0.3, 0.4) is 0 Å². The quantitative estimate of drug-likeness (QED) is 0.858. The third-order valence-electron chi connectivity index (χ3n) is 3.11. The number of carboxylic acids is 1. The highest BCUT2D eigenvalue weighted by Gasteiger charge is 2.32. The molecule has 0 saturated heterocycles. The Labute approximate surface area is 130 Å². The van der Waals surface area contributed by atoms with Crippen LogP contribution in [0.2, 0.25) is 0 Å². The van der Waals surface area contributed by atoms with Crippen LogP contribution in [0.5, 0.6) is 0 Å². The van der Waals surface area contributed by atoms with Crippen molar-refractivity contribution in [1.82, 2.24) is 4.98 Å². The van der Waals surface area contributed by atoms with Gasteiger partial charge in [0.15, 0.2) is 5.13 Å². The molecule has 106 valence electrons. The minimum atomic E-state index is -0.986. The van der Waals surface area contributed by atoms with E-state index in [2.05, 4.69) is 26.2 Å². The van der Waals surface area contributed by atoms with E-state index >= 15 is 0 Å². The molecule has 0 unspecified atom stereocenters. The Morgan fingerprint density at radius 3 is 2.80 bits per heavy atom. The molecule has 0 aliphatic carbocycles. The molecule has 0 fully saturated rings. The Balaban J connectivity index is 2.26. The summed E-state index contributed by atoms with van der Waals surface area (Å²) in [6, 6.07) is 5.91. The Hall–Kier alpha value is -1.40. The van der Waals surface area contributed by atoms with Crippen molar-refractivity contribution in [3.05, 3.63) is 39.3 Å². The summed E-state index contributed by atoms with van der Waals surface area (Å²) in [5.41, 5.74) is 1.61. The molecule has 1 heterocycles. The summed E-state index contributed by atoms with van der Waals surface area (Å²) in [5, 5.41) is 14.9. The number of halogens is 1. The first-order valence-electron chi connectivity index (χ1n) is 6.04. The van der Waals surface area contributed by atoms with Crippen LogP contribution >= 0.6 is 27.3 Å². The SMILES string of the molecule is Cc1cccc(Nc2nc(C(C)(C)C(=O)O)cs2)c1Br. The fraction of sp³-hybridized carbons (Fsp3) is 0.286. The van der Waals surface area contributed by atoms with Crippen LogP contribution in [-0.2, 0) is 10.2 Å². The summed E-state index contributed by atoms with van der Waals surface area (Å²) in [6.45, 7) is 5.31. The minimum absolute atomic E-state index is 0.557. The summed E-state index contributed by atoms with van der Waals surface area (Å²) in [4.78, 5) is 15.6. The predicted molar refractivity (Wildman–Crippen MR) is 84.9 cm³/mol. The van der Waals surface area contributed by atoms with Crippen molar-refractivity contribution >= 4 is 44.1 Å². The Kier molecular flexibility index (Phi) is 4.15. The predicted octanol–water partition coefficient (Wildman–Crippen LogP) is 4.32. The standard InChI is InChI=1S/C14H15BrN2O2S/c1-8-5-4-6-9(11(8)15)16-13-17-10(7-20-13)14(2,3)12(18)19/h4-7H,1-3H3,(H,16,17)(H,18,19). The number of nitrogens with one attached hydrogen (secondary N) is 1. The number of hydrogen-bond acceptors (Lipinski definition) is 4. The zero-order valence-electron chi connectivity index (χ0n) is 11.4. The molecule has 2 rings (SSSR count). The Morgan fingerprint density at radius 1 is 1.45 bits per heavy atom. The summed E-state index contributed by atoms with van der Waals surface area (Å²) in [6.07, 6.45) is 0. The van der Waals surface area contributed by atoms with Gasteiger partial charge in [0.05, 0.1) is 11.4 Å². The average molecular weight is 355 g/mol. The summed E-state index contributed by atoms with van der Waals surface area (Å²) in [7, 11) is 0. The number of carbonyl (C=O) groups is 1. The van der Waals surface area contributed by atoms with Gasteiger partial charge in [0.2, 0.25) is 0 Å². The van der Waals surface area contributed by atoms with Gasteiger partial charge in [-0.1, -0.05) is 12.1 Å². The molecular formula is C14H15BrN2O2S. The fourth-order valence-corrected chi connectivity index (χ4v) is 2.84. The maximum Gasteiger partial charge on any atom is 0.315 e. The molecule has 0 amide bonds. The second-order valence-electron chi connectivity index (χ2n) is 5.03. The topological polar surface area (TPSA) is 62.2 Å². The molecule has 0 aliphatic heterocycles. The van der Waals surface area contributed by atoms with Gasteiger partial charge in [0.1, 0.15) is 5.41 Å². The number of rotatable bonds is 4. The van der Waals surface area contributed by atoms with Crippen LogP contribution < -0.4 is 5.32 Å². The lowest BCUT2D eigenvalue weighted by molar-refractivity contribution is -0.142. The van der Waals surface area contributed by atoms with Crippen molar-refractivity contribution in [1.29, 1.82) is 0 Å². The molecule has 0 atom stereocenters. The number of aromatic nitrogens is 1. The highest BCUT2D eigenvalue weighted by Crippen LogP contribution is 2.32. The summed E-state index contributed by atoms with van der Waals surface area (Å²) < 4.78 is 0.981. The van der Waals surface area contributed by atoms with E-state index < -0.39 is 11.4 Å². The van der Waals surface area contributed by atoms with Gasteiger partial charge in [-0.25, -0.2) is 4.98 Å². The van der Waals surface area contributed by atoms with Gasteiger partial charge in [-0.15, -0.1) is 11.3 Å². The van der Waals surface area contributed by atoms with Crippen LogP contribution in [-0.4, -0.2) is 16.1 Å². The number of aliphatic carboxylic acids is 1. The molecule has 20 heavy (non-hydrogen) atoms. The zero-order chi connectivity index (χ0) is 14.9. The monoisotopic (exact) mass is 354 g/mol. The molecule has 0 bridgehead atoms. The molecule has 1 aromatic heterocycles. The number of nitrogens with zero attached hydrogens (tertiary/aromatic N) is 1. The first-order chi connectivity index (χ1) is 9.32. The largest absolute Gasteiger partial charge is 0.481 e. The van der Waals surface area contributed by atoms with E-state index in [0.717, 1.165) is 15.7 Å². The number of anilines is 2. The average Bonchev–Trinajstić information content (AvgIpc) is 2.84. The van der Waals surface area contributed by atoms with Gasteiger partial charge in [-0.2, -0.15) is 0 Å². The second kappa shape index (κ2) is 5.54. The fourth-order valence-electron chi connectivity index (χ4n) is 1.59. The lowest BCUT2D eigenvalue weighted by Gasteiger charge is -2.15. The van der Waals surface area contributed by atoms with Crippen LogP contribution in [0.25, 0.3) is 0 Å². The molecular weight excluding hydrogens is 340 g/mol. The molecule has 4 nitrogen and oxygen atoms in total. The van der Waals surface area contributed by atoms with E-state index in [1.807, 2.05) is 25.1 Å². The van der Waals surface area contributed by atoms with Crippen molar-refractivity contribution in [2.24, 2.45) is 0 Å². The maximum atomic E-state index is 11.2. The second-order valence-corrected chi connectivity index (χ2v) is 6.68. The van der Waals surface area contributed by atoms with Crippen LogP contribution in [0.4, 0.5) is 10.8 Å². The van der Waals surface area contributed by atoms with Crippen molar-refractivity contribution in [3.63, 3.8) is 0 Å². The molecule has 0 aliphatic rings. The smallest absolute Gasteiger partial charge is 0.315 e. The molecule has 0 saturated carbocycles. The van der Waals surface area contributed by atoms with Gasteiger partial charge in [-0.3, -0.25) is 4.79 Å². The highest BCUT2D eigenvalue weighted by molar-refractivity contribution is 9.10. The first-order valence-corrected chi connectivity index (χ1v) is 7.71. The van der Waals surface area contributed by atoms with E-state index in [1.54, 1.807) is 19.2 Å². The summed E-state index contributed by atoms with van der Waals surface area (Å²) >= 11 is 4.92. The lowest BCUT2D eigenvalue weighted by Crippen LogP contribution is -2.28. The van der Waals surface area contributed by atoms with Crippen LogP contribution in [0.15, 0.2) is 28.1 Å². The number of carboxylic acid groups (broad SMARTS) is 1. The van der Waals surface area contributed by atoms with Crippen molar-refractivity contribution < 1.29 is 9.90 Å². The Bertz CT molecular complexity index is 652. The first kappa shape index (κ1) is 15.0. The molecule has 6 heteroatoms. The van der Waals surface area contributed by atoms with Crippen molar-refractivity contribution in [2.45, 2.75) is 26.2 Å². The highest BCUT2D eigenvalue weighted by atomic mass is 79.9. The minimum Gasteiger partial charge on any atom is -0.481 e.